The van der Waals surface area contributed by atoms with Gasteiger partial charge in [0.15, 0.2) is 0 Å². The fourth-order valence-corrected chi connectivity index (χ4v) is 2.20. The zero-order valence-corrected chi connectivity index (χ0v) is 13.1. The molecule has 0 saturated heterocycles. The summed E-state index contributed by atoms with van der Waals surface area (Å²) in [6.07, 6.45) is 10.8. The first-order chi connectivity index (χ1) is 7.87. The molecule has 0 radical (unpaired) electrons. The number of hydrogen-bond donors (Lipinski definition) is 0. The lowest BCUT2D eigenvalue weighted by Gasteiger charge is -2.41. The summed E-state index contributed by atoms with van der Waals surface area (Å²) in [5.41, 5.74) is 0.250. The second kappa shape index (κ2) is 8.13. The molecule has 0 aliphatic heterocycles. The number of hydrogen-bond acceptors (Lipinski definition) is 1. The van der Waals surface area contributed by atoms with Crippen molar-refractivity contribution in [2.24, 2.45) is 5.41 Å². The molecule has 0 fully saturated rings. The van der Waals surface area contributed by atoms with Crippen molar-refractivity contribution in [2.45, 2.75) is 91.6 Å². The van der Waals surface area contributed by atoms with Crippen LogP contribution in [0.5, 0.6) is 0 Å². The van der Waals surface area contributed by atoms with Gasteiger partial charge < -0.3 is 4.74 Å². The average molecular weight is 242 g/mol. The Hall–Kier alpha value is -0.0400. The highest BCUT2D eigenvalue weighted by Crippen LogP contribution is 2.37. The lowest BCUT2D eigenvalue weighted by atomic mass is 9.74. The van der Waals surface area contributed by atoms with Crippen molar-refractivity contribution in [1.29, 1.82) is 0 Å². The van der Waals surface area contributed by atoms with E-state index in [0.717, 1.165) is 0 Å². The van der Waals surface area contributed by atoms with Crippen LogP contribution in [0.2, 0.25) is 0 Å². The van der Waals surface area contributed by atoms with Gasteiger partial charge in [0.05, 0.1) is 5.60 Å². The van der Waals surface area contributed by atoms with Gasteiger partial charge in [0.1, 0.15) is 0 Å². The van der Waals surface area contributed by atoms with E-state index in [1.807, 2.05) is 7.11 Å². The van der Waals surface area contributed by atoms with Crippen LogP contribution in [0, 0.1) is 5.41 Å². The minimum absolute atomic E-state index is 0.0242. The molecule has 1 atom stereocenters. The third-order valence-electron chi connectivity index (χ3n) is 4.29. The Morgan fingerprint density at radius 3 is 1.65 bits per heavy atom. The maximum Gasteiger partial charge on any atom is 0.0698 e. The quantitative estimate of drug-likeness (QED) is 0.480. The van der Waals surface area contributed by atoms with E-state index in [0.29, 0.717) is 0 Å². The molecule has 0 bridgehead atoms. The van der Waals surface area contributed by atoms with Gasteiger partial charge in [0, 0.05) is 7.11 Å². The first-order valence-corrected chi connectivity index (χ1v) is 7.42. The second-order valence-corrected chi connectivity index (χ2v) is 6.56. The van der Waals surface area contributed by atoms with Gasteiger partial charge in [-0.3, -0.25) is 0 Å². The van der Waals surface area contributed by atoms with Gasteiger partial charge in [-0.25, -0.2) is 0 Å². The summed E-state index contributed by atoms with van der Waals surface area (Å²) in [5, 5.41) is 0. The number of unbranched alkanes of at least 4 members (excludes halogenated alkanes) is 6. The average Bonchev–Trinajstić information content (AvgIpc) is 2.26. The molecule has 0 spiro atoms. The fraction of sp³-hybridized carbons (Fsp3) is 1.00. The molecule has 0 aromatic carbocycles. The molecule has 0 aliphatic rings. The number of rotatable bonds is 9. The monoisotopic (exact) mass is 242 g/mol. The highest BCUT2D eigenvalue weighted by Gasteiger charge is 2.36. The van der Waals surface area contributed by atoms with E-state index in [-0.39, 0.29) is 11.0 Å². The normalized spacial score (nSPS) is 15.9. The molecular formula is C16H34O. The molecule has 104 valence electrons. The van der Waals surface area contributed by atoms with Crippen LogP contribution in [0.4, 0.5) is 0 Å². The summed E-state index contributed by atoms with van der Waals surface area (Å²) >= 11 is 0. The predicted molar refractivity (Wildman–Crippen MR) is 77.5 cm³/mol. The van der Waals surface area contributed by atoms with Crippen molar-refractivity contribution in [3.8, 4) is 0 Å². The van der Waals surface area contributed by atoms with E-state index in [2.05, 4.69) is 34.6 Å². The Morgan fingerprint density at radius 2 is 1.24 bits per heavy atom. The van der Waals surface area contributed by atoms with Gasteiger partial charge >= 0.3 is 0 Å². The van der Waals surface area contributed by atoms with Crippen molar-refractivity contribution < 1.29 is 4.74 Å². The van der Waals surface area contributed by atoms with Gasteiger partial charge in [-0.1, -0.05) is 72.6 Å². The Morgan fingerprint density at radius 1 is 0.765 bits per heavy atom. The van der Waals surface area contributed by atoms with E-state index in [1.54, 1.807) is 0 Å². The van der Waals surface area contributed by atoms with Crippen LogP contribution >= 0.6 is 0 Å². The second-order valence-electron chi connectivity index (χ2n) is 6.56. The molecule has 0 heterocycles. The Bertz CT molecular complexity index is 180. The van der Waals surface area contributed by atoms with Crippen LogP contribution in [0.1, 0.15) is 86.0 Å². The summed E-state index contributed by atoms with van der Waals surface area (Å²) in [4.78, 5) is 0. The molecule has 0 saturated carbocycles. The van der Waals surface area contributed by atoms with Crippen LogP contribution in [-0.2, 0) is 4.74 Å². The molecule has 0 aliphatic carbocycles. The highest BCUT2D eigenvalue weighted by molar-refractivity contribution is 4.87. The standard InChI is InChI=1S/C16H34O/c1-7-8-9-10-11-12-13-14-16(5,17-6)15(2,3)4/h7-14H2,1-6H3. The highest BCUT2D eigenvalue weighted by atomic mass is 16.5. The van der Waals surface area contributed by atoms with Crippen molar-refractivity contribution in [2.75, 3.05) is 7.11 Å². The molecule has 0 rings (SSSR count). The van der Waals surface area contributed by atoms with E-state index < -0.39 is 0 Å². The van der Waals surface area contributed by atoms with Crippen LogP contribution < -0.4 is 0 Å². The fourth-order valence-electron chi connectivity index (χ4n) is 2.20. The van der Waals surface area contributed by atoms with E-state index in [4.69, 9.17) is 4.74 Å². The van der Waals surface area contributed by atoms with E-state index in [1.165, 1.54) is 51.4 Å². The summed E-state index contributed by atoms with van der Waals surface area (Å²) in [6, 6.07) is 0. The van der Waals surface area contributed by atoms with Crippen LogP contribution in [0.15, 0.2) is 0 Å². The van der Waals surface area contributed by atoms with Gasteiger partial charge in [0.25, 0.3) is 0 Å². The maximum atomic E-state index is 5.75. The van der Waals surface area contributed by atoms with Crippen molar-refractivity contribution in [1.82, 2.24) is 0 Å². The Balaban J connectivity index is 3.71. The minimum atomic E-state index is 0.0242. The van der Waals surface area contributed by atoms with E-state index >= 15 is 0 Å². The molecule has 1 unspecified atom stereocenters. The predicted octanol–water partition coefficient (Wildman–Crippen LogP) is 5.58. The summed E-state index contributed by atoms with van der Waals surface area (Å²) in [7, 11) is 1.85. The largest absolute Gasteiger partial charge is 0.378 e. The van der Waals surface area contributed by atoms with Gasteiger partial charge in [-0.2, -0.15) is 0 Å². The Kier molecular flexibility index (Phi) is 8.11. The van der Waals surface area contributed by atoms with Gasteiger partial charge in [-0.15, -0.1) is 0 Å². The smallest absolute Gasteiger partial charge is 0.0698 e. The summed E-state index contributed by atoms with van der Waals surface area (Å²) in [5.74, 6) is 0. The molecule has 17 heavy (non-hydrogen) atoms. The topological polar surface area (TPSA) is 9.23 Å². The van der Waals surface area contributed by atoms with Crippen molar-refractivity contribution >= 4 is 0 Å². The Labute approximate surface area is 109 Å². The summed E-state index contributed by atoms with van der Waals surface area (Å²) in [6.45, 7) is 11.4. The number of ether oxygens (including phenoxy) is 1. The number of methoxy groups -OCH3 is 1. The van der Waals surface area contributed by atoms with Crippen LogP contribution in [0.25, 0.3) is 0 Å². The van der Waals surface area contributed by atoms with E-state index in [9.17, 15) is 0 Å². The van der Waals surface area contributed by atoms with Crippen LogP contribution in [-0.4, -0.2) is 12.7 Å². The molecule has 0 aromatic heterocycles. The summed E-state index contributed by atoms with van der Waals surface area (Å²) < 4.78 is 5.75. The first-order valence-electron chi connectivity index (χ1n) is 7.42. The zero-order valence-electron chi connectivity index (χ0n) is 13.1. The molecular weight excluding hydrogens is 208 g/mol. The third-order valence-corrected chi connectivity index (χ3v) is 4.29. The minimum Gasteiger partial charge on any atom is -0.378 e. The lowest BCUT2D eigenvalue weighted by molar-refractivity contribution is -0.0844. The third kappa shape index (κ3) is 6.45. The molecule has 0 aromatic rings. The lowest BCUT2D eigenvalue weighted by Crippen LogP contribution is -2.41. The first kappa shape index (κ1) is 17.0. The van der Waals surface area contributed by atoms with Crippen LogP contribution in [0.3, 0.4) is 0 Å². The molecule has 1 nitrogen and oxygen atoms in total. The van der Waals surface area contributed by atoms with Gasteiger partial charge in [0.2, 0.25) is 0 Å². The molecule has 0 N–H and O–H groups in total. The SMILES string of the molecule is CCCCCCCCCC(C)(OC)C(C)(C)C. The molecule has 0 amide bonds. The molecule has 1 heteroatoms. The van der Waals surface area contributed by atoms with Crippen molar-refractivity contribution in [3.63, 3.8) is 0 Å². The zero-order chi connectivity index (χ0) is 13.4. The van der Waals surface area contributed by atoms with Gasteiger partial charge in [-0.05, 0) is 18.8 Å². The van der Waals surface area contributed by atoms with Crippen molar-refractivity contribution in [3.05, 3.63) is 0 Å². The maximum absolute atomic E-state index is 5.75.